The quantitative estimate of drug-likeness (QED) is 0.906. The second-order valence-electron chi connectivity index (χ2n) is 4.78. The SMILES string of the molecule is Cc1cc(S(=O)(=O)N2CC(CN)CC2C)sc1Br. The van der Waals surface area contributed by atoms with Crippen molar-refractivity contribution in [2.45, 2.75) is 30.5 Å². The van der Waals surface area contributed by atoms with Crippen molar-refractivity contribution in [1.29, 1.82) is 0 Å². The molecule has 0 radical (unpaired) electrons. The Hall–Kier alpha value is 0.0500. The molecule has 0 amide bonds. The van der Waals surface area contributed by atoms with Crippen LogP contribution in [0.25, 0.3) is 0 Å². The van der Waals surface area contributed by atoms with Gasteiger partial charge in [-0.05, 0) is 60.3 Å². The number of nitrogens with zero attached hydrogens (tertiary/aromatic N) is 1. The van der Waals surface area contributed by atoms with E-state index in [1.807, 2.05) is 13.8 Å². The van der Waals surface area contributed by atoms with E-state index in [1.54, 1.807) is 10.4 Å². The number of sulfonamides is 1. The summed E-state index contributed by atoms with van der Waals surface area (Å²) in [5.74, 6) is 0.277. The molecule has 0 spiro atoms. The fourth-order valence-corrected chi connectivity index (χ4v) is 6.36. The number of hydrogen-bond acceptors (Lipinski definition) is 4. The molecule has 18 heavy (non-hydrogen) atoms. The highest BCUT2D eigenvalue weighted by molar-refractivity contribution is 9.11. The van der Waals surface area contributed by atoms with Crippen LogP contribution in [0.2, 0.25) is 0 Å². The minimum absolute atomic E-state index is 0.0322. The van der Waals surface area contributed by atoms with Crippen LogP contribution in [0.4, 0.5) is 0 Å². The average molecular weight is 353 g/mol. The lowest BCUT2D eigenvalue weighted by Gasteiger charge is -2.19. The summed E-state index contributed by atoms with van der Waals surface area (Å²) >= 11 is 4.65. The molecule has 1 aromatic rings. The summed E-state index contributed by atoms with van der Waals surface area (Å²) in [5, 5.41) is 0. The van der Waals surface area contributed by atoms with Gasteiger partial charge < -0.3 is 5.73 Å². The van der Waals surface area contributed by atoms with E-state index in [4.69, 9.17) is 5.73 Å². The number of hydrogen-bond donors (Lipinski definition) is 1. The van der Waals surface area contributed by atoms with Crippen LogP contribution in [0.15, 0.2) is 14.1 Å². The van der Waals surface area contributed by atoms with Crippen LogP contribution >= 0.6 is 27.3 Å². The lowest BCUT2D eigenvalue weighted by molar-refractivity contribution is 0.406. The van der Waals surface area contributed by atoms with Crippen molar-refractivity contribution >= 4 is 37.3 Å². The third-order valence-electron chi connectivity index (χ3n) is 3.34. The van der Waals surface area contributed by atoms with Crippen molar-refractivity contribution in [2.75, 3.05) is 13.1 Å². The molecule has 2 rings (SSSR count). The Morgan fingerprint density at radius 2 is 2.28 bits per heavy atom. The van der Waals surface area contributed by atoms with Gasteiger partial charge in [-0.3, -0.25) is 0 Å². The van der Waals surface area contributed by atoms with Crippen LogP contribution in [-0.4, -0.2) is 31.9 Å². The molecule has 1 saturated heterocycles. The maximum Gasteiger partial charge on any atom is 0.252 e. The van der Waals surface area contributed by atoms with E-state index >= 15 is 0 Å². The van der Waals surface area contributed by atoms with Gasteiger partial charge in [0, 0.05) is 12.6 Å². The van der Waals surface area contributed by atoms with Crippen molar-refractivity contribution in [3.05, 3.63) is 15.4 Å². The van der Waals surface area contributed by atoms with E-state index < -0.39 is 10.0 Å². The topological polar surface area (TPSA) is 63.4 Å². The Bertz CT molecular complexity index is 522. The second kappa shape index (κ2) is 5.20. The first-order valence-corrected chi connectivity index (χ1v) is 8.89. The third-order valence-corrected chi connectivity index (χ3v) is 7.90. The Morgan fingerprint density at radius 3 is 2.72 bits per heavy atom. The zero-order valence-electron chi connectivity index (χ0n) is 10.4. The maximum atomic E-state index is 12.5. The first-order valence-electron chi connectivity index (χ1n) is 5.84. The fraction of sp³-hybridized carbons (Fsp3) is 0.636. The Labute approximate surface area is 120 Å². The molecule has 2 unspecified atom stereocenters. The summed E-state index contributed by atoms with van der Waals surface area (Å²) in [6.07, 6.45) is 0.848. The van der Waals surface area contributed by atoms with Crippen LogP contribution in [-0.2, 0) is 10.0 Å². The maximum absolute atomic E-state index is 12.5. The number of nitrogens with two attached hydrogens (primary N) is 1. The lowest BCUT2D eigenvalue weighted by Crippen LogP contribution is -2.34. The molecule has 0 aliphatic carbocycles. The van der Waals surface area contributed by atoms with E-state index in [1.165, 1.54) is 11.3 Å². The molecule has 0 saturated carbocycles. The zero-order chi connectivity index (χ0) is 13.5. The first kappa shape index (κ1) is 14.5. The normalized spacial score (nSPS) is 25.8. The van der Waals surface area contributed by atoms with Crippen molar-refractivity contribution in [2.24, 2.45) is 11.7 Å². The van der Waals surface area contributed by atoms with Gasteiger partial charge in [0.15, 0.2) is 0 Å². The predicted molar refractivity (Wildman–Crippen MR) is 77.3 cm³/mol. The van der Waals surface area contributed by atoms with E-state index in [-0.39, 0.29) is 12.0 Å². The Balaban J connectivity index is 2.32. The highest BCUT2D eigenvalue weighted by atomic mass is 79.9. The molecule has 1 aromatic heterocycles. The molecule has 0 bridgehead atoms. The molecule has 2 N–H and O–H groups in total. The minimum Gasteiger partial charge on any atom is -0.330 e. The van der Waals surface area contributed by atoms with Gasteiger partial charge in [0.2, 0.25) is 0 Å². The van der Waals surface area contributed by atoms with Gasteiger partial charge in [-0.2, -0.15) is 4.31 Å². The summed E-state index contributed by atoms with van der Waals surface area (Å²) in [5.41, 5.74) is 6.60. The van der Waals surface area contributed by atoms with Crippen molar-refractivity contribution in [3.63, 3.8) is 0 Å². The molecular formula is C11H17BrN2O2S2. The van der Waals surface area contributed by atoms with Crippen LogP contribution in [0, 0.1) is 12.8 Å². The molecule has 1 fully saturated rings. The van der Waals surface area contributed by atoms with Crippen molar-refractivity contribution in [3.8, 4) is 0 Å². The van der Waals surface area contributed by atoms with Gasteiger partial charge in [0.05, 0.1) is 3.79 Å². The fourth-order valence-electron chi connectivity index (χ4n) is 2.29. The van der Waals surface area contributed by atoms with Gasteiger partial charge in [-0.25, -0.2) is 8.42 Å². The Kier molecular flexibility index (Phi) is 4.18. The summed E-state index contributed by atoms with van der Waals surface area (Å²) in [6.45, 7) is 4.93. The molecular weight excluding hydrogens is 336 g/mol. The summed E-state index contributed by atoms with van der Waals surface area (Å²) < 4.78 is 28.0. The van der Waals surface area contributed by atoms with Crippen LogP contribution in [0.5, 0.6) is 0 Å². The number of aryl methyl sites for hydroxylation is 1. The zero-order valence-corrected chi connectivity index (χ0v) is 13.6. The molecule has 2 atom stereocenters. The van der Waals surface area contributed by atoms with Gasteiger partial charge >= 0.3 is 0 Å². The smallest absolute Gasteiger partial charge is 0.252 e. The monoisotopic (exact) mass is 352 g/mol. The third kappa shape index (κ3) is 2.51. The standard InChI is InChI=1S/C11H17BrN2O2S2/c1-7-3-10(17-11(7)12)18(15,16)14-6-9(5-13)4-8(14)2/h3,8-9H,4-6,13H2,1-2H3. The van der Waals surface area contributed by atoms with E-state index in [0.29, 0.717) is 17.3 Å². The Morgan fingerprint density at radius 1 is 1.61 bits per heavy atom. The van der Waals surface area contributed by atoms with E-state index in [2.05, 4.69) is 15.9 Å². The van der Waals surface area contributed by atoms with Crippen LogP contribution in [0.3, 0.4) is 0 Å². The summed E-state index contributed by atoms with van der Waals surface area (Å²) in [7, 11) is -3.37. The predicted octanol–water partition coefficient (Wildman–Crippen LogP) is 2.18. The number of halogens is 1. The molecule has 1 aliphatic heterocycles. The van der Waals surface area contributed by atoms with Crippen molar-refractivity contribution in [1.82, 2.24) is 4.31 Å². The molecule has 102 valence electrons. The molecule has 0 aromatic carbocycles. The molecule has 2 heterocycles. The minimum atomic E-state index is -3.37. The van der Waals surface area contributed by atoms with E-state index in [0.717, 1.165) is 15.8 Å². The van der Waals surface area contributed by atoms with Gasteiger partial charge in [0.1, 0.15) is 4.21 Å². The molecule has 7 heteroatoms. The lowest BCUT2D eigenvalue weighted by atomic mass is 10.1. The van der Waals surface area contributed by atoms with Gasteiger partial charge in [-0.1, -0.05) is 0 Å². The average Bonchev–Trinajstić information content (AvgIpc) is 2.84. The van der Waals surface area contributed by atoms with E-state index in [9.17, 15) is 8.42 Å². The number of thiophene rings is 1. The molecule has 1 aliphatic rings. The largest absolute Gasteiger partial charge is 0.330 e. The second-order valence-corrected chi connectivity index (χ2v) is 9.27. The first-order chi connectivity index (χ1) is 8.36. The number of rotatable bonds is 3. The van der Waals surface area contributed by atoms with Crippen molar-refractivity contribution < 1.29 is 8.42 Å². The van der Waals surface area contributed by atoms with Gasteiger partial charge in [-0.15, -0.1) is 11.3 Å². The highest BCUT2D eigenvalue weighted by Crippen LogP contribution is 2.35. The highest BCUT2D eigenvalue weighted by Gasteiger charge is 2.38. The van der Waals surface area contributed by atoms with Crippen LogP contribution < -0.4 is 5.73 Å². The summed E-state index contributed by atoms with van der Waals surface area (Å²) in [4.78, 5) is 0. The molecule has 4 nitrogen and oxygen atoms in total. The summed E-state index contributed by atoms with van der Waals surface area (Å²) in [6, 6.07) is 1.76. The van der Waals surface area contributed by atoms with Gasteiger partial charge in [0.25, 0.3) is 10.0 Å². The van der Waals surface area contributed by atoms with Crippen LogP contribution in [0.1, 0.15) is 18.9 Å².